The summed E-state index contributed by atoms with van der Waals surface area (Å²) < 4.78 is 76.9. The van der Waals surface area contributed by atoms with E-state index in [0.717, 1.165) is 12.1 Å². The Morgan fingerprint density at radius 2 is 1.50 bits per heavy atom. The topological polar surface area (TPSA) is 112 Å². The molecule has 11 heteroatoms. The number of hydrogen-bond donors (Lipinski definition) is 2. The van der Waals surface area contributed by atoms with E-state index >= 15 is 0 Å². The molecule has 146 valence electrons. The van der Waals surface area contributed by atoms with Crippen LogP contribution in [-0.4, -0.2) is 18.4 Å². The Labute approximate surface area is 156 Å². The van der Waals surface area contributed by atoms with Crippen molar-refractivity contribution in [1.29, 1.82) is 0 Å². The maximum absolute atomic E-state index is 14.6. The first-order valence-corrected chi connectivity index (χ1v) is 9.13. The molecular formula is C17H12F4N4O2S. The summed E-state index contributed by atoms with van der Waals surface area (Å²) in [4.78, 5) is 6.75. The highest BCUT2D eigenvalue weighted by Crippen LogP contribution is 2.36. The highest BCUT2D eigenvalue weighted by atomic mass is 32.2. The van der Waals surface area contributed by atoms with Crippen molar-refractivity contribution in [3.63, 3.8) is 0 Å². The average Bonchev–Trinajstić information content (AvgIpc) is 2.60. The molecule has 3 aromatic rings. The molecule has 0 unspecified atom stereocenters. The molecule has 2 aromatic carbocycles. The monoisotopic (exact) mass is 412 g/mol. The molecule has 0 aliphatic carbocycles. The molecule has 0 aliphatic rings. The SMILES string of the molecule is Nc1ncc(-c2ccc(-c3ccc(C(F)(F)F)cc3S(N)(=O)=O)cc2F)cn1. The van der Waals surface area contributed by atoms with Crippen LogP contribution in [0, 0.1) is 5.82 Å². The third kappa shape index (κ3) is 3.94. The van der Waals surface area contributed by atoms with Gasteiger partial charge in [0, 0.05) is 29.1 Å². The Bertz CT molecular complexity index is 1150. The van der Waals surface area contributed by atoms with Gasteiger partial charge in [0.25, 0.3) is 0 Å². The third-order valence-corrected chi connectivity index (χ3v) is 4.83. The predicted octanol–water partition coefficient (Wildman–Crippen LogP) is 3.20. The van der Waals surface area contributed by atoms with E-state index in [2.05, 4.69) is 9.97 Å². The van der Waals surface area contributed by atoms with Crippen LogP contribution in [0.15, 0.2) is 53.7 Å². The van der Waals surface area contributed by atoms with Crippen LogP contribution in [0.2, 0.25) is 0 Å². The lowest BCUT2D eigenvalue weighted by atomic mass is 10.00. The first-order chi connectivity index (χ1) is 13.0. The number of nitrogens with zero attached hydrogens (tertiary/aromatic N) is 2. The smallest absolute Gasteiger partial charge is 0.368 e. The van der Waals surface area contributed by atoms with Gasteiger partial charge in [-0.25, -0.2) is 27.9 Å². The number of alkyl halides is 3. The molecule has 0 radical (unpaired) electrons. The van der Waals surface area contributed by atoms with Crippen molar-refractivity contribution in [1.82, 2.24) is 9.97 Å². The molecule has 0 fully saturated rings. The minimum Gasteiger partial charge on any atom is -0.368 e. The summed E-state index contributed by atoms with van der Waals surface area (Å²) in [5.41, 5.74) is 4.50. The zero-order chi connectivity index (χ0) is 20.7. The predicted molar refractivity (Wildman–Crippen MR) is 93.6 cm³/mol. The zero-order valence-corrected chi connectivity index (χ0v) is 14.7. The van der Waals surface area contributed by atoms with E-state index in [-0.39, 0.29) is 22.6 Å². The van der Waals surface area contributed by atoms with Gasteiger partial charge in [0.15, 0.2) is 0 Å². The Morgan fingerprint density at radius 3 is 2.04 bits per heavy atom. The fourth-order valence-electron chi connectivity index (χ4n) is 2.57. The second kappa shape index (κ2) is 6.84. The third-order valence-electron chi connectivity index (χ3n) is 3.88. The van der Waals surface area contributed by atoms with E-state index in [9.17, 15) is 26.0 Å². The van der Waals surface area contributed by atoms with Crippen LogP contribution in [0.4, 0.5) is 23.5 Å². The van der Waals surface area contributed by atoms with Gasteiger partial charge in [-0.05, 0) is 23.8 Å². The van der Waals surface area contributed by atoms with E-state index in [1.807, 2.05) is 0 Å². The fraction of sp³-hybridized carbons (Fsp3) is 0.0588. The fourth-order valence-corrected chi connectivity index (χ4v) is 3.35. The molecule has 1 heterocycles. The lowest BCUT2D eigenvalue weighted by Crippen LogP contribution is -2.15. The van der Waals surface area contributed by atoms with Gasteiger partial charge < -0.3 is 5.73 Å². The van der Waals surface area contributed by atoms with Crippen LogP contribution in [0.3, 0.4) is 0 Å². The molecule has 0 atom stereocenters. The van der Waals surface area contributed by atoms with E-state index < -0.39 is 32.5 Å². The van der Waals surface area contributed by atoms with Crippen LogP contribution in [-0.2, 0) is 16.2 Å². The van der Waals surface area contributed by atoms with E-state index in [1.165, 1.54) is 24.5 Å². The summed E-state index contributed by atoms with van der Waals surface area (Å²) >= 11 is 0. The summed E-state index contributed by atoms with van der Waals surface area (Å²) in [6.07, 6.45) is -2.16. The van der Waals surface area contributed by atoms with E-state index in [4.69, 9.17) is 10.9 Å². The number of rotatable bonds is 3. The second-order valence-electron chi connectivity index (χ2n) is 5.78. The zero-order valence-electron chi connectivity index (χ0n) is 13.9. The summed E-state index contributed by atoms with van der Waals surface area (Å²) in [7, 11) is -4.50. The number of primary sulfonamides is 1. The highest BCUT2D eigenvalue weighted by Gasteiger charge is 2.32. The van der Waals surface area contributed by atoms with Crippen molar-refractivity contribution in [3.05, 3.63) is 60.2 Å². The van der Waals surface area contributed by atoms with Gasteiger partial charge in [0.05, 0.1) is 10.5 Å². The molecule has 0 bridgehead atoms. The molecule has 0 spiro atoms. The van der Waals surface area contributed by atoms with Crippen LogP contribution in [0.5, 0.6) is 0 Å². The number of halogens is 4. The molecule has 0 saturated heterocycles. The normalized spacial score (nSPS) is 12.2. The molecule has 1 aromatic heterocycles. The standard InChI is InChI=1S/C17H12F4N4O2S/c18-14-5-9(1-3-12(14)10-7-24-16(22)25-8-10)13-4-2-11(17(19,20)21)6-15(13)28(23,26)27/h1-8H,(H2,22,24,25)(H2,23,26,27). The van der Waals surface area contributed by atoms with Gasteiger partial charge in [0.2, 0.25) is 16.0 Å². The van der Waals surface area contributed by atoms with Gasteiger partial charge in [-0.1, -0.05) is 18.2 Å². The minimum absolute atomic E-state index is 0.00308. The summed E-state index contributed by atoms with van der Waals surface area (Å²) in [6.45, 7) is 0. The van der Waals surface area contributed by atoms with Crippen molar-refractivity contribution < 1.29 is 26.0 Å². The van der Waals surface area contributed by atoms with Crippen LogP contribution in [0.1, 0.15) is 5.56 Å². The first kappa shape index (κ1) is 19.7. The highest BCUT2D eigenvalue weighted by molar-refractivity contribution is 7.89. The molecule has 0 aliphatic heterocycles. The number of nitrogens with two attached hydrogens (primary N) is 2. The van der Waals surface area contributed by atoms with Crippen molar-refractivity contribution in [2.45, 2.75) is 11.1 Å². The Kier molecular flexibility index (Phi) is 4.81. The van der Waals surface area contributed by atoms with E-state index in [1.54, 1.807) is 0 Å². The summed E-state index contributed by atoms with van der Waals surface area (Å²) in [5, 5.41) is 5.06. The largest absolute Gasteiger partial charge is 0.416 e. The molecule has 0 amide bonds. The molecule has 3 rings (SSSR count). The van der Waals surface area contributed by atoms with E-state index in [0.29, 0.717) is 17.7 Å². The lowest BCUT2D eigenvalue weighted by molar-refractivity contribution is -0.137. The number of nitrogen functional groups attached to an aromatic ring is 1. The Hall–Kier alpha value is -3.05. The van der Waals surface area contributed by atoms with Crippen molar-refractivity contribution in [2.24, 2.45) is 5.14 Å². The quantitative estimate of drug-likeness (QED) is 0.642. The van der Waals surface area contributed by atoms with Gasteiger partial charge in [-0.3, -0.25) is 0 Å². The number of sulfonamides is 1. The molecule has 4 N–H and O–H groups in total. The van der Waals surface area contributed by atoms with Crippen molar-refractivity contribution in [2.75, 3.05) is 5.73 Å². The van der Waals surface area contributed by atoms with Crippen LogP contribution in [0.25, 0.3) is 22.3 Å². The number of benzene rings is 2. The lowest BCUT2D eigenvalue weighted by Gasteiger charge is -2.13. The Morgan fingerprint density at radius 1 is 0.893 bits per heavy atom. The second-order valence-corrected chi connectivity index (χ2v) is 7.31. The van der Waals surface area contributed by atoms with Crippen LogP contribution >= 0.6 is 0 Å². The number of aromatic nitrogens is 2. The van der Waals surface area contributed by atoms with Gasteiger partial charge >= 0.3 is 6.18 Å². The number of hydrogen-bond acceptors (Lipinski definition) is 5. The average molecular weight is 412 g/mol. The maximum Gasteiger partial charge on any atom is 0.416 e. The van der Waals surface area contributed by atoms with Crippen molar-refractivity contribution in [3.8, 4) is 22.3 Å². The molecule has 28 heavy (non-hydrogen) atoms. The maximum atomic E-state index is 14.6. The summed E-state index contributed by atoms with van der Waals surface area (Å²) in [6, 6.07) is 5.72. The molecular weight excluding hydrogens is 400 g/mol. The van der Waals surface area contributed by atoms with Gasteiger partial charge in [0.1, 0.15) is 5.82 Å². The van der Waals surface area contributed by atoms with Gasteiger partial charge in [-0.2, -0.15) is 13.2 Å². The Balaban J connectivity index is 2.13. The van der Waals surface area contributed by atoms with Crippen molar-refractivity contribution >= 4 is 16.0 Å². The van der Waals surface area contributed by atoms with Crippen LogP contribution < -0.4 is 10.9 Å². The first-order valence-electron chi connectivity index (χ1n) is 7.58. The molecule has 0 saturated carbocycles. The summed E-state index contributed by atoms with van der Waals surface area (Å²) in [5.74, 6) is -0.755. The number of anilines is 1. The van der Waals surface area contributed by atoms with Gasteiger partial charge in [-0.15, -0.1) is 0 Å². The molecule has 6 nitrogen and oxygen atoms in total. The minimum atomic E-state index is -4.76.